The van der Waals surface area contributed by atoms with Gasteiger partial charge in [-0.1, -0.05) is 20.8 Å². The van der Waals surface area contributed by atoms with Crippen molar-refractivity contribution in [2.45, 2.75) is 124 Å². The third kappa shape index (κ3) is 41.7. The first-order chi connectivity index (χ1) is 23.3. The van der Waals surface area contributed by atoms with Crippen LogP contribution in [-0.4, -0.2) is 129 Å². The summed E-state index contributed by atoms with van der Waals surface area (Å²) in [7, 11) is 0. The summed E-state index contributed by atoms with van der Waals surface area (Å²) in [6, 6.07) is 0. The van der Waals surface area contributed by atoms with Crippen LogP contribution in [0.15, 0.2) is 0 Å². The molecule has 0 saturated carbocycles. The average Bonchev–Trinajstić information content (AvgIpc) is 3.09. The maximum absolute atomic E-state index is 3.66. The number of hydrogen-bond acceptors (Lipinski definition) is 9. The van der Waals surface area contributed by atoms with Crippen molar-refractivity contribution < 1.29 is 0 Å². The first kappa shape index (κ1) is 46.6. The quantitative estimate of drug-likeness (QED) is 0.0452. The molecular formula is C38H87N9. The van der Waals surface area contributed by atoms with E-state index in [1.54, 1.807) is 0 Å². The summed E-state index contributed by atoms with van der Waals surface area (Å²) in [6.45, 7) is 28.8. The predicted molar refractivity (Wildman–Crippen MR) is 210 cm³/mol. The molecule has 0 aliphatic heterocycles. The smallest absolute Gasteiger partial charge is 0.00184 e. The van der Waals surface area contributed by atoms with Crippen molar-refractivity contribution in [3.05, 3.63) is 0 Å². The molecule has 0 saturated heterocycles. The molecule has 0 amide bonds. The predicted octanol–water partition coefficient (Wildman–Crippen LogP) is 4.31. The topological polar surface area (TPSA) is 99.5 Å². The third-order valence-electron chi connectivity index (χ3n) is 8.85. The number of hydrogen-bond donors (Lipinski definition) is 8. The highest BCUT2D eigenvalue weighted by Gasteiger charge is 2.02. The van der Waals surface area contributed by atoms with Gasteiger partial charge in [0.15, 0.2) is 0 Å². The molecule has 0 aliphatic carbocycles. The Morgan fingerprint density at radius 1 is 0.255 bits per heavy atom. The first-order valence-electron chi connectivity index (χ1n) is 20.7. The zero-order valence-electron chi connectivity index (χ0n) is 32.2. The second kappa shape index (κ2) is 43.7. The number of unbranched alkanes of at least 4 members (excludes halogenated alkanes) is 8. The third-order valence-corrected chi connectivity index (χ3v) is 8.85. The number of nitrogens with one attached hydrogen (secondary N) is 8. The van der Waals surface area contributed by atoms with Gasteiger partial charge in [-0.15, -0.1) is 0 Å². The number of nitrogens with zero attached hydrogens (tertiary/aromatic N) is 1. The van der Waals surface area contributed by atoms with Gasteiger partial charge in [0.1, 0.15) is 0 Å². The van der Waals surface area contributed by atoms with Gasteiger partial charge in [-0.2, -0.15) is 0 Å². The maximum Gasteiger partial charge on any atom is -0.00184 e. The molecule has 8 N–H and O–H groups in total. The van der Waals surface area contributed by atoms with E-state index in [2.05, 4.69) is 68.2 Å². The monoisotopic (exact) mass is 670 g/mol. The van der Waals surface area contributed by atoms with E-state index < -0.39 is 0 Å². The highest BCUT2D eigenvalue weighted by molar-refractivity contribution is 4.60. The first-order valence-corrected chi connectivity index (χ1v) is 20.7. The summed E-state index contributed by atoms with van der Waals surface area (Å²) in [5.41, 5.74) is 0. The Morgan fingerprint density at radius 2 is 0.447 bits per heavy atom. The minimum Gasteiger partial charge on any atom is -0.317 e. The van der Waals surface area contributed by atoms with Gasteiger partial charge in [0.05, 0.1) is 0 Å². The molecule has 0 atom stereocenters. The van der Waals surface area contributed by atoms with E-state index in [1.165, 1.54) is 135 Å². The molecule has 284 valence electrons. The van der Waals surface area contributed by atoms with E-state index in [-0.39, 0.29) is 0 Å². The van der Waals surface area contributed by atoms with Gasteiger partial charge in [0.2, 0.25) is 0 Å². The Hall–Kier alpha value is -0.360. The minimum atomic E-state index is 1.09. The second-order valence-corrected chi connectivity index (χ2v) is 13.3. The van der Waals surface area contributed by atoms with Crippen LogP contribution in [0.25, 0.3) is 0 Å². The Bertz CT molecular complexity index is 497. The van der Waals surface area contributed by atoms with Crippen LogP contribution in [0.2, 0.25) is 0 Å². The normalized spacial score (nSPS) is 11.7. The zero-order chi connectivity index (χ0) is 34.0. The van der Waals surface area contributed by atoms with Crippen LogP contribution in [0, 0.1) is 0 Å². The fourth-order valence-electron chi connectivity index (χ4n) is 5.70. The van der Waals surface area contributed by atoms with Gasteiger partial charge in [-0.25, -0.2) is 0 Å². The van der Waals surface area contributed by atoms with Crippen LogP contribution in [0.4, 0.5) is 0 Å². The van der Waals surface area contributed by atoms with Crippen LogP contribution in [0.1, 0.15) is 124 Å². The summed E-state index contributed by atoms with van der Waals surface area (Å²) >= 11 is 0. The Balaban J connectivity index is 3.23. The molecule has 0 rings (SSSR count). The van der Waals surface area contributed by atoms with Gasteiger partial charge in [0, 0.05) is 0 Å². The summed E-state index contributed by atoms with van der Waals surface area (Å²) < 4.78 is 0. The molecule has 0 spiro atoms. The summed E-state index contributed by atoms with van der Waals surface area (Å²) in [5, 5.41) is 28.5. The minimum absolute atomic E-state index is 1.09. The molecule has 0 heterocycles. The van der Waals surface area contributed by atoms with Crippen molar-refractivity contribution in [3.8, 4) is 0 Å². The lowest BCUT2D eigenvalue weighted by Gasteiger charge is -2.20. The van der Waals surface area contributed by atoms with E-state index in [0.29, 0.717) is 0 Å². The lowest BCUT2D eigenvalue weighted by atomic mass is 10.2. The van der Waals surface area contributed by atoms with Crippen LogP contribution < -0.4 is 42.5 Å². The number of rotatable bonds is 43. The lowest BCUT2D eigenvalue weighted by molar-refractivity contribution is 0.275. The van der Waals surface area contributed by atoms with Gasteiger partial charge in [-0.3, -0.25) is 0 Å². The second-order valence-electron chi connectivity index (χ2n) is 13.3. The fourth-order valence-corrected chi connectivity index (χ4v) is 5.70. The highest BCUT2D eigenvalue weighted by atomic mass is 15.1. The molecule has 0 aliphatic rings. The Labute approximate surface area is 294 Å². The van der Waals surface area contributed by atoms with E-state index in [0.717, 1.165) is 91.6 Å². The van der Waals surface area contributed by atoms with Crippen molar-refractivity contribution >= 4 is 0 Å². The molecular weight excluding hydrogens is 582 g/mol. The van der Waals surface area contributed by atoms with Gasteiger partial charge >= 0.3 is 0 Å². The van der Waals surface area contributed by atoms with E-state index in [4.69, 9.17) is 0 Å². The van der Waals surface area contributed by atoms with Crippen molar-refractivity contribution in [2.24, 2.45) is 0 Å². The van der Waals surface area contributed by atoms with Crippen LogP contribution in [0.3, 0.4) is 0 Å². The lowest BCUT2D eigenvalue weighted by Crippen LogP contribution is -2.27. The summed E-state index contributed by atoms with van der Waals surface area (Å²) in [6.07, 6.45) is 20.6. The van der Waals surface area contributed by atoms with Gasteiger partial charge in [-0.05, 0) is 227 Å². The summed E-state index contributed by atoms with van der Waals surface area (Å²) in [5.74, 6) is 0. The Kier molecular flexibility index (Phi) is 43.3. The molecule has 0 bridgehead atoms. The fraction of sp³-hybridized carbons (Fsp3) is 1.00. The molecule has 47 heavy (non-hydrogen) atoms. The van der Waals surface area contributed by atoms with E-state index >= 15 is 0 Å². The van der Waals surface area contributed by atoms with E-state index in [1.807, 2.05) is 0 Å². The summed E-state index contributed by atoms with van der Waals surface area (Å²) in [4.78, 5) is 2.64. The van der Waals surface area contributed by atoms with Crippen LogP contribution in [0.5, 0.6) is 0 Å². The Morgan fingerprint density at radius 3 is 0.638 bits per heavy atom. The highest BCUT2D eigenvalue weighted by Crippen LogP contribution is 1.99. The van der Waals surface area contributed by atoms with Gasteiger partial charge < -0.3 is 47.4 Å². The van der Waals surface area contributed by atoms with Crippen LogP contribution in [-0.2, 0) is 0 Å². The van der Waals surface area contributed by atoms with Gasteiger partial charge in [0.25, 0.3) is 0 Å². The zero-order valence-corrected chi connectivity index (χ0v) is 32.2. The molecule has 0 aromatic carbocycles. The largest absolute Gasteiger partial charge is 0.317 e. The molecule has 0 fully saturated rings. The van der Waals surface area contributed by atoms with Crippen molar-refractivity contribution in [1.82, 2.24) is 47.4 Å². The van der Waals surface area contributed by atoms with E-state index in [9.17, 15) is 0 Å². The SMILES string of the molecule is CCNCCCCNCCCCNCCCCNCCCCN(CC)CCCCNCCCCNCCCCNCCCCNCC. The van der Waals surface area contributed by atoms with Crippen molar-refractivity contribution in [1.29, 1.82) is 0 Å². The molecule has 0 unspecified atom stereocenters. The molecule has 0 aromatic heterocycles. The molecule has 9 nitrogen and oxygen atoms in total. The van der Waals surface area contributed by atoms with Crippen LogP contribution >= 0.6 is 0 Å². The molecule has 9 heteroatoms. The average molecular weight is 670 g/mol. The standard InChI is InChI=1S/C38H87N9/c1-4-39-23-7-9-25-41-27-11-13-29-43-31-15-17-33-45-35-19-21-37-47(6-3)38-22-20-36-46-34-18-16-32-44-30-14-12-28-42-26-10-8-24-40-5-2/h39-46H,4-38H2,1-3H3. The molecule has 0 aromatic rings. The van der Waals surface area contributed by atoms with Crippen molar-refractivity contribution in [2.75, 3.05) is 124 Å². The molecule has 0 radical (unpaired) electrons. The van der Waals surface area contributed by atoms with Crippen molar-refractivity contribution in [3.63, 3.8) is 0 Å². The maximum atomic E-state index is 3.66.